The number of aliphatic hydroxyl groups is 1. The summed E-state index contributed by atoms with van der Waals surface area (Å²) in [6.45, 7) is 14.4. The summed E-state index contributed by atoms with van der Waals surface area (Å²) in [5.41, 5.74) is 3.54. The van der Waals surface area contributed by atoms with Crippen LogP contribution in [0.2, 0.25) is 0 Å². The van der Waals surface area contributed by atoms with E-state index in [4.69, 9.17) is 9.84 Å². The lowest BCUT2D eigenvalue weighted by Crippen LogP contribution is -2.18. The first-order chi connectivity index (χ1) is 21.2. The van der Waals surface area contributed by atoms with Crippen LogP contribution in [0.3, 0.4) is 0 Å². The number of nitrogens with zero attached hydrogens (tertiary/aromatic N) is 3. The molecule has 10 nitrogen and oxygen atoms in total. The normalized spacial score (nSPS) is 11.7. The number of aliphatic carboxylic acids is 1. The summed E-state index contributed by atoms with van der Waals surface area (Å²) in [4.78, 5) is 26.8. The summed E-state index contributed by atoms with van der Waals surface area (Å²) in [5, 5.41) is 28.1. The lowest BCUT2D eigenvalue weighted by molar-refractivity contribution is -0.136. The Labute approximate surface area is 262 Å². The maximum Gasteiger partial charge on any atom is 0.307 e. The van der Waals surface area contributed by atoms with E-state index < -0.39 is 17.4 Å². The van der Waals surface area contributed by atoms with Gasteiger partial charge in [-0.3, -0.25) is 9.59 Å². The third-order valence-corrected chi connectivity index (χ3v) is 5.98. The Bertz CT molecular complexity index is 1610. The van der Waals surface area contributed by atoms with Gasteiger partial charge in [-0.05, 0) is 64.9 Å². The molecule has 0 saturated carbocycles. The van der Waals surface area contributed by atoms with Crippen molar-refractivity contribution in [3.63, 3.8) is 0 Å². The van der Waals surface area contributed by atoms with Gasteiger partial charge >= 0.3 is 5.97 Å². The van der Waals surface area contributed by atoms with Crippen LogP contribution in [0, 0.1) is 25.5 Å². The second-order valence-corrected chi connectivity index (χ2v) is 10.9. The number of fused-ring (bicyclic) bond motifs is 2. The number of hydrogen-bond donors (Lipinski definition) is 4. The highest BCUT2D eigenvalue weighted by molar-refractivity contribution is 5.81. The molecule has 1 aliphatic rings. The predicted octanol–water partition coefficient (Wildman–Crippen LogP) is 5.74. The van der Waals surface area contributed by atoms with Gasteiger partial charge in [0.05, 0.1) is 23.4 Å². The van der Waals surface area contributed by atoms with Crippen LogP contribution in [-0.2, 0) is 17.8 Å². The maximum absolute atomic E-state index is 14.9. The van der Waals surface area contributed by atoms with Crippen molar-refractivity contribution in [1.82, 2.24) is 19.9 Å². The number of carbonyl (C=O) groups is 2. The fourth-order valence-corrected chi connectivity index (χ4v) is 4.23. The van der Waals surface area contributed by atoms with E-state index in [9.17, 15) is 23.5 Å². The number of halogens is 2. The highest BCUT2D eigenvalue weighted by Crippen LogP contribution is 2.37. The number of hydrogen-bond acceptors (Lipinski definition) is 8. The topological polar surface area (TPSA) is 138 Å². The molecule has 0 spiro atoms. The van der Waals surface area contributed by atoms with Crippen LogP contribution in [-0.4, -0.2) is 62.9 Å². The molecule has 244 valence electrons. The summed E-state index contributed by atoms with van der Waals surface area (Å²) in [5.74, 6) is -1.41. The summed E-state index contributed by atoms with van der Waals surface area (Å²) in [6, 6.07) is 9.43. The first-order valence-electron chi connectivity index (χ1n) is 14.6. The third-order valence-electron chi connectivity index (χ3n) is 5.98. The molecule has 2 aromatic carbocycles. The minimum Gasteiger partial charge on any atom is -0.489 e. The van der Waals surface area contributed by atoms with Crippen LogP contribution >= 0.6 is 0 Å². The highest BCUT2D eigenvalue weighted by atomic mass is 19.1. The number of carboxylic acids is 1. The van der Waals surface area contributed by atoms with E-state index in [0.717, 1.165) is 12.1 Å². The number of benzene rings is 2. The zero-order valence-corrected chi connectivity index (χ0v) is 27.1. The van der Waals surface area contributed by atoms with Gasteiger partial charge in [-0.15, -0.1) is 0 Å². The number of nitrogens with one attached hydrogen (secondary N) is 2. The molecule has 0 bridgehead atoms. The average Bonchev–Trinajstić information content (AvgIpc) is 3.38. The van der Waals surface area contributed by atoms with Gasteiger partial charge < -0.3 is 25.6 Å². The van der Waals surface area contributed by atoms with Gasteiger partial charge in [0.25, 0.3) is 0 Å². The molecule has 0 amide bonds. The number of carbonyl (C=O) groups excluding carboxylic acids is 1. The zero-order valence-electron chi connectivity index (χ0n) is 27.1. The molecular weight excluding hydrogens is 584 g/mol. The molecule has 0 fully saturated rings. The summed E-state index contributed by atoms with van der Waals surface area (Å²) >= 11 is 0. The number of aryl methyl sites for hydroxylation is 2. The monoisotopic (exact) mass is 627 g/mol. The molecule has 0 aliphatic carbocycles. The van der Waals surface area contributed by atoms with Crippen molar-refractivity contribution in [2.24, 2.45) is 0 Å². The standard InChI is InChI=1S/C18H15FN4O4.C9H12FN.C4H10O.C2H6/c1-9-11(6-17(25)26)18(23-16(21-9)4-10(8-24)22-23)12-5-14-15(7-13(12)19)27-3-2-20-14;1-7-5-8(6-11-2)3-4-9(7)10;1-4(2,3)5;1-2/h4-5,7-8,20H,2-3,6H2,1H3,(H,25,26);3-5,11H,6H2,1-2H3;5H,1-3H3;1-2H3. The Morgan fingerprint density at radius 3 is 2.38 bits per heavy atom. The first kappa shape index (κ1) is 36.8. The van der Waals surface area contributed by atoms with Gasteiger partial charge in [-0.25, -0.2) is 18.3 Å². The molecule has 0 unspecified atom stereocenters. The van der Waals surface area contributed by atoms with Crippen LogP contribution in [0.4, 0.5) is 14.5 Å². The molecule has 0 atom stereocenters. The molecular formula is C33H43F2N5O5. The minimum atomic E-state index is -1.08. The van der Waals surface area contributed by atoms with Gasteiger partial charge in [0.15, 0.2) is 11.9 Å². The molecule has 2 aromatic heterocycles. The minimum absolute atomic E-state index is 0.121. The molecule has 0 saturated heterocycles. The van der Waals surface area contributed by atoms with E-state index in [2.05, 4.69) is 20.7 Å². The van der Waals surface area contributed by atoms with E-state index >= 15 is 0 Å². The van der Waals surface area contributed by atoms with Gasteiger partial charge in [0, 0.05) is 42.0 Å². The quantitative estimate of drug-likeness (QED) is 0.197. The van der Waals surface area contributed by atoms with E-state index in [1.165, 1.54) is 22.7 Å². The number of rotatable bonds is 6. The van der Waals surface area contributed by atoms with Crippen LogP contribution in [0.15, 0.2) is 36.4 Å². The number of carboxylic acid groups (broad SMARTS) is 1. The lowest BCUT2D eigenvalue weighted by Gasteiger charge is -2.21. The molecule has 1 aliphatic heterocycles. The maximum atomic E-state index is 14.9. The number of ether oxygens (including phenoxy) is 1. The largest absolute Gasteiger partial charge is 0.489 e. The van der Waals surface area contributed by atoms with E-state index in [-0.39, 0.29) is 29.2 Å². The Morgan fingerprint density at radius 1 is 1.13 bits per heavy atom. The van der Waals surface area contributed by atoms with Crippen molar-refractivity contribution in [1.29, 1.82) is 0 Å². The number of anilines is 1. The fourth-order valence-electron chi connectivity index (χ4n) is 4.23. The Morgan fingerprint density at radius 2 is 1.80 bits per heavy atom. The van der Waals surface area contributed by atoms with Crippen molar-refractivity contribution >= 4 is 23.6 Å². The van der Waals surface area contributed by atoms with Crippen molar-refractivity contribution in [2.75, 3.05) is 25.5 Å². The highest BCUT2D eigenvalue weighted by Gasteiger charge is 2.24. The average molecular weight is 628 g/mol. The van der Waals surface area contributed by atoms with E-state index in [1.54, 1.807) is 46.8 Å². The molecule has 45 heavy (non-hydrogen) atoms. The smallest absolute Gasteiger partial charge is 0.307 e. The SMILES string of the molecule is CC.CC(C)(C)O.CNCc1ccc(F)c(C)c1.Cc1nc2cc(C=O)nn2c(-c2cc3c(cc2F)OCCN3)c1CC(=O)O. The van der Waals surface area contributed by atoms with E-state index in [0.29, 0.717) is 53.3 Å². The van der Waals surface area contributed by atoms with Crippen LogP contribution in [0.1, 0.15) is 67.5 Å². The third kappa shape index (κ3) is 10.6. The van der Waals surface area contributed by atoms with Gasteiger partial charge in [-0.2, -0.15) is 5.10 Å². The van der Waals surface area contributed by atoms with Crippen molar-refractivity contribution in [2.45, 2.75) is 67.0 Å². The summed E-state index contributed by atoms with van der Waals surface area (Å²) in [7, 11) is 1.87. The predicted molar refractivity (Wildman–Crippen MR) is 171 cm³/mol. The Kier molecular flexibility index (Phi) is 13.6. The van der Waals surface area contributed by atoms with Crippen molar-refractivity contribution in [3.05, 3.63) is 76.1 Å². The van der Waals surface area contributed by atoms with Gasteiger partial charge in [0.2, 0.25) is 0 Å². The van der Waals surface area contributed by atoms with E-state index in [1.807, 2.05) is 27.0 Å². The first-order valence-corrected chi connectivity index (χ1v) is 14.6. The molecule has 4 aromatic rings. The number of aromatic nitrogens is 3. The summed E-state index contributed by atoms with van der Waals surface area (Å²) in [6.07, 6.45) is 0.199. The molecule has 4 N–H and O–H groups in total. The van der Waals surface area contributed by atoms with Crippen LogP contribution in [0.5, 0.6) is 5.75 Å². The Balaban J connectivity index is 0.000000324. The van der Waals surface area contributed by atoms with Crippen LogP contribution in [0.25, 0.3) is 16.9 Å². The molecule has 5 rings (SSSR count). The lowest BCUT2D eigenvalue weighted by atomic mass is 10.00. The molecule has 0 radical (unpaired) electrons. The fraction of sp³-hybridized carbons (Fsp3) is 0.394. The second-order valence-electron chi connectivity index (χ2n) is 10.9. The summed E-state index contributed by atoms with van der Waals surface area (Å²) < 4.78 is 34.4. The second kappa shape index (κ2) is 16.6. The van der Waals surface area contributed by atoms with Crippen LogP contribution < -0.4 is 15.4 Å². The van der Waals surface area contributed by atoms with Gasteiger partial charge in [0.1, 0.15) is 29.7 Å². The number of aldehydes is 1. The van der Waals surface area contributed by atoms with Crippen molar-refractivity contribution in [3.8, 4) is 17.0 Å². The Hall–Kier alpha value is -4.42. The van der Waals surface area contributed by atoms with Crippen molar-refractivity contribution < 1.29 is 33.3 Å². The molecule has 3 heterocycles. The molecule has 12 heteroatoms. The zero-order chi connectivity index (χ0) is 33.9. The van der Waals surface area contributed by atoms with Gasteiger partial charge in [-0.1, -0.05) is 26.0 Å².